The molecule has 1 aliphatic rings. The molecule has 0 saturated carbocycles. The van der Waals surface area contributed by atoms with Crippen molar-refractivity contribution in [1.29, 1.82) is 0 Å². The first kappa shape index (κ1) is 21.9. The second-order valence-electron chi connectivity index (χ2n) is 5.43. The third-order valence-electron chi connectivity index (χ3n) is 3.64. The molecule has 1 N–H and O–H groups in total. The average Bonchev–Trinajstić information content (AvgIpc) is 3.10. The van der Waals surface area contributed by atoms with Crippen molar-refractivity contribution >= 4 is 0 Å². The molecule has 0 aliphatic carbocycles. The predicted molar refractivity (Wildman–Crippen MR) is 92.5 cm³/mol. The van der Waals surface area contributed by atoms with Gasteiger partial charge in [0.05, 0.1) is 19.8 Å². The fourth-order valence-electron chi connectivity index (χ4n) is 2.34. The van der Waals surface area contributed by atoms with Crippen LogP contribution in [-0.2, 0) is 46.0 Å². The van der Waals surface area contributed by atoms with Gasteiger partial charge in [-0.1, -0.05) is 30.3 Å². The van der Waals surface area contributed by atoms with Crippen molar-refractivity contribution in [2.75, 3.05) is 19.8 Å². The van der Waals surface area contributed by atoms with E-state index >= 15 is 0 Å². The summed E-state index contributed by atoms with van der Waals surface area (Å²) in [7, 11) is 0. The Balaban J connectivity index is 0.000000295. The van der Waals surface area contributed by atoms with Gasteiger partial charge in [0.1, 0.15) is 12.2 Å². The van der Waals surface area contributed by atoms with Crippen LogP contribution in [0.3, 0.4) is 0 Å². The molecule has 1 unspecified atom stereocenters. The van der Waals surface area contributed by atoms with Gasteiger partial charge in [0, 0.05) is 31.8 Å². The van der Waals surface area contributed by atoms with Crippen LogP contribution in [0.15, 0.2) is 54.6 Å². The predicted octanol–water partition coefficient (Wildman–Crippen LogP) is 2.98. The summed E-state index contributed by atoms with van der Waals surface area (Å²) in [5.41, 5.74) is 2.12. The molecule has 2 aromatic carbocycles. The summed E-state index contributed by atoms with van der Waals surface area (Å²) < 4.78 is 16.7. The Hall–Kier alpha value is -1.14. The van der Waals surface area contributed by atoms with E-state index in [1.807, 2.05) is 37.3 Å². The molecule has 1 heterocycles. The van der Waals surface area contributed by atoms with Gasteiger partial charge in [-0.15, -0.1) is 5.56 Å². The minimum absolute atomic E-state index is 0. The second kappa shape index (κ2) is 13.1. The maximum Gasteiger partial charge on any atom is 0.110 e. The fraction of sp³-hybridized carbons (Fsp3) is 0.400. The van der Waals surface area contributed by atoms with Gasteiger partial charge in [-0.25, -0.2) is 0 Å². The van der Waals surface area contributed by atoms with Crippen LogP contribution >= 0.6 is 0 Å². The average molecular weight is 380 g/mol. The first-order valence-corrected chi connectivity index (χ1v) is 8.24. The first-order valence-electron chi connectivity index (χ1n) is 8.24. The van der Waals surface area contributed by atoms with Gasteiger partial charge in [0.2, 0.25) is 0 Å². The molecule has 25 heavy (non-hydrogen) atoms. The fourth-order valence-corrected chi connectivity index (χ4v) is 2.34. The summed E-state index contributed by atoms with van der Waals surface area (Å²) in [6.07, 6.45) is 0.161. The minimum Gasteiger partial charge on any atom is -0.394 e. The molecule has 2 aromatic rings. The molecule has 0 bridgehead atoms. The monoisotopic (exact) mass is 380 g/mol. The molecule has 5 heteroatoms. The molecular weight excluding hydrogens is 355 g/mol. The Labute approximate surface area is 162 Å². The molecule has 1 radical (unpaired) electrons. The number of hydrogen-bond acceptors (Lipinski definition) is 4. The van der Waals surface area contributed by atoms with Gasteiger partial charge in [0.25, 0.3) is 0 Å². The van der Waals surface area contributed by atoms with Crippen LogP contribution in [0.5, 0.6) is 0 Å². The van der Waals surface area contributed by atoms with E-state index in [0.717, 1.165) is 5.56 Å². The van der Waals surface area contributed by atoms with Crippen molar-refractivity contribution < 1.29 is 37.9 Å². The van der Waals surface area contributed by atoms with Gasteiger partial charge < -0.3 is 19.3 Å². The van der Waals surface area contributed by atoms with E-state index in [1.54, 1.807) is 12.1 Å². The third-order valence-corrected chi connectivity index (χ3v) is 3.64. The first-order chi connectivity index (χ1) is 11.8. The second-order valence-corrected chi connectivity index (χ2v) is 5.43. The summed E-state index contributed by atoms with van der Waals surface area (Å²) in [6.45, 7) is 4.73. The molecule has 0 aromatic heterocycles. The van der Waals surface area contributed by atoms with E-state index in [0.29, 0.717) is 26.4 Å². The number of ether oxygens (including phenoxy) is 3. The number of aliphatic hydroxyl groups excluding tert-OH is 1. The smallest absolute Gasteiger partial charge is 0.110 e. The van der Waals surface area contributed by atoms with Crippen molar-refractivity contribution in [3.8, 4) is 0 Å². The van der Waals surface area contributed by atoms with E-state index in [-0.39, 0.29) is 37.4 Å². The molecule has 1 aliphatic heterocycles. The van der Waals surface area contributed by atoms with E-state index in [1.165, 1.54) is 5.56 Å². The summed E-state index contributed by atoms with van der Waals surface area (Å²) >= 11 is 0. The van der Waals surface area contributed by atoms with Crippen LogP contribution in [0.4, 0.5) is 0 Å². The van der Waals surface area contributed by atoms with Crippen LogP contribution in [0.1, 0.15) is 18.1 Å². The topological polar surface area (TPSA) is 47.9 Å². The maximum atomic E-state index is 8.52. The van der Waals surface area contributed by atoms with Crippen molar-refractivity contribution in [3.63, 3.8) is 0 Å². The molecule has 0 spiro atoms. The Kier molecular flexibility index (Phi) is 11.5. The Morgan fingerprint density at radius 1 is 1.00 bits per heavy atom. The minimum atomic E-state index is 0. The number of aliphatic hydroxyl groups is 1. The quantitative estimate of drug-likeness (QED) is 0.783. The zero-order valence-electron chi connectivity index (χ0n) is 14.5. The van der Waals surface area contributed by atoms with E-state index in [2.05, 4.69) is 18.2 Å². The van der Waals surface area contributed by atoms with Crippen molar-refractivity contribution in [2.24, 2.45) is 0 Å². The number of benzene rings is 2. The normalized spacial score (nSPS) is 18.8. The van der Waals surface area contributed by atoms with Crippen LogP contribution in [0, 0.1) is 6.07 Å². The molecule has 0 amide bonds. The van der Waals surface area contributed by atoms with E-state index < -0.39 is 0 Å². The molecule has 1 saturated heterocycles. The molecule has 135 valence electrons. The van der Waals surface area contributed by atoms with Crippen LogP contribution < -0.4 is 0 Å². The molecule has 1 fully saturated rings. The van der Waals surface area contributed by atoms with Crippen molar-refractivity contribution in [1.82, 2.24) is 0 Å². The molecule has 4 nitrogen and oxygen atoms in total. The van der Waals surface area contributed by atoms with Gasteiger partial charge in [-0.05, 0) is 12.5 Å². The maximum absolute atomic E-state index is 8.52. The van der Waals surface area contributed by atoms with Crippen LogP contribution in [0.2, 0.25) is 0 Å². The van der Waals surface area contributed by atoms with Crippen LogP contribution in [0.25, 0.3) is 0 Å². The van der Waals surface area contributed by atoms with Gasteiger partial charge in [-0.3, -0.25) is 0 Å². The zero-order valence-corrected chi connectivity index (χ0v) is 15.9. The summed E-state index contributed by atoms with van der Waals surface area (Å²) in [6, 6.07) is 20.3. The standard InChI is InChI=1S/C13H18O3.C7H7O.V/c1-2-15-12-9-14-10-13(12)16-8-11-6-4-3-5-7-11;8-6-7-4-2-1-3-5-7;/h3-7,12-13H,2,8-10H2,1H3;2-5,8H,6H2;/q;-1;/t12-,13?;;/m0../s1. The van der Waals surface area contributed by atoms with E-state index in [9.17, 15) is 0 Å². The summed E-state index contributed by atoms with van der Waals surface area (Å²) in [5.74, 6) is 0. The van der Waals surface area contributed by atoms with Crippen molar-refractivity contribution in [2.45, 2.75) is 32.3 Å². The summed E-state index contributed by atoms with van der Waals surface area (Å²) in [4.78, 5) is 0. The van der Waals surface area contributed by atoms with Gasteiger partial charge in [-0.2, -0.15) is 30.3 Å². The number of rotatable bonds is 6. The molecule has 2 atom stereocenters. The Morgan fingerprint density at radius 2 is 1.64 bits per heavy atom. The third kappa shape index (κ3) is 8.19. The molecule has 3 rings (SSSR count). The summed E-state index contributed by atoms with van der Waals surface area (Å²) in [5, 5.41) is 8.52. The SMILES string of the molecule is CCO[C@H]1COCC1OCc1ccccc1.OCc1cc[c-]cc1.[V]. The molecular formula is C20H25O4V-. The van der Waals surface area contributed by atoms with Crippen LogP contribution in [-0.4, -0.2) is 37.1 Å². The zero-order chi connectivity index (χ0) is 17.0. The Morgan fingerprint density at radius 3 is 2.20 bits per heavy atom. The van der Waals surface area contributed by atoms with Crippen molar-refractivity contribution in [3.05, 3.63) is 71.8 Å². The Bertz CT molecular complexity index is 550. The van der Waals surface area contributed by atoms with Gasteiger partial charge >= 0.3 is 0 Å². The number of hydrogen-bond donors (Lipinski definition) is 1. The largest absolute Gasteiger partial charge is 0.394 e. The van der Waals surface area contributed by atoms with Gasteiger partial charge in [0.15, 0.2) is 0 Å². The van der Waals surface area contributed by atoms with E-state index in [4.69, 9.17) is 19.3 Å².